The molecule has 4 aromatic rings. The molecule has 8 heteroatoms. The maximum atomic E-state index is 5.42. The summed E-state index contributed by atoms with van der Waals surface area (Å²) in [5, 5.41) is 11.9. The standard InChI is InChI=1S/C13H10N6OS/c1-20-9-4-2-8(3-5-9)18-7-15-19-12(21)10-6-14-17-11(10)16-13(18)19/h2-7H,1H3,(H,14,17). The summed E-state index contributed by atoms with van der Waals surface area (Å²) in [6, 6.07) is 7.63. The van der Waals surface area contributed by atoms with Crippen molar-refractivity contribution < 1.29 is 4.74 Å². The number of ether oxygens (including phenoxy) is 1. The highest BCUT2D eigenvalue weighted by Gasteiger charge is 2.10. The number of aromatic nitrogens is 6. The molecule has 0 unspecified atom stereocenters. The molecule has 4 rings (SSSR count). The zero-order valence-corrected chi connectivity index (χ0v) is 11.8. The van der Waals surface area contributed by atoms with Crippen molar-refractivity contribution in [3.05, 3.63) is 41.4 Å². The summed E-state index contributed by atoms with van der Waals surface area (Å²) < 4.78 is 9.22. The van der Waals surface area contributed by atoms with Gasteiger partial charge in [0.25, 0.3) is 0 Å². The molecule has 1 N–H and O–H groups in total. The van der Waals surface area contributed by atoms with E-state index in [2.05, 4.69) is 20.3 Å². The van der Waals surface area contributed by atoms with Crippen LogP contribution in [0.1, 0.15) is 0 Å². The van der Waals surface area contributed by atoms with E-state index in [0.29, 0.717) is 16.1 Å². The van der Waals surface area contributed by atoms with Crippen LogP contribution in [0.4, 0.5) is 0 Å². The Hall–Kier alpha value is -2.74. The molecular formula is C13H10N6OS. The highest BCUT2D eigenvalue weighted by Crippen LogP contribution is 2.18. The second kappa shape index (κ2) is 4.38. The van der Waals surface area contributed by atoms with E-state index in [4.69, 9.17) is 17.0 Å². The van der Waals surface area contributed by atoms with Crippen molar-refractivity contribution in [2.24, 2.45) is 0 Å². The Morgan fingerprint density at radius 1 is 1.24 bits per heavy atom. The summed E-state index contributed by atoms with van der Waals surface area (Å²) in [6.07, 6.45) is 3.34. The lowest BCUT2D eigenvalue weighted by atomic mass is 10.3. The molecule has 0 bridgehead atoms. The van der Waals surface area contributed by atoms with Crippen molar-refractivity contribution in [2.75, 3.05) is 7.11 Å². The van der Waals surface area contributed by atoms with Crippen molar-refractivity contribution in [3.8, 4) is 11.4 Å². The van der Waals surface area contributed by atoms with Gasteiger partial charge in [0.2, 0.25) is 5.78 Å². The van der Waals surface area contributed by atoms with Gasteiger partial charge in [-0.1, -0.05) is 12.2 Å². The molecule has 0 aliphatic rings. The Morgan fingerprint density at radius 2 is 2.05 bits per heavy atom. The normalized spacial score (nSPS) is 11.3. The Kier molecular flexibility index (Phi) is 2.51. The van der Waals surface area contributed by atoms with E-state index in [1.54, 1.807) is 24.1 Å². The maximum Gasteiger partial charge on any atom is 0.240 e. The van der Waals surface area contributed by atoms with Crippen LogP contribution < -0.4 is 4.74 Å². The van der Waals surface area contributed by atoms with Crippen molar-refractivity contribution in [3.63, 3.8) is 0 Å². The minimum Gasteiger partial charge on any atom is -0.497 e. The van der Waals surface area contributed by atoms with E-state index >= 15 is 0 Å². The Labute approximate surface area is 123 Å². The molecule has 0 amide bonds. The van der Waals surface area contributed by atoms with Crippen LogP contribution in [0, 0.1) is 4.64 Å². The van der Waals surface area contributed by atoms with Crippen molar-refractivity contribution in [2.45, 2.75) is 0 Å². The van der Waals surface area contributed by atoms with E-state index in [9.17, 15) is 0 Å². The van der Waals surface area contributed by atoms with E-state index in [-0.39, 0.29) is 0 Å². The highest BCUT2D eigenvalue weighted by atomic mass is 32.1. The van der Waals surface area contributed by atoms with Gasteiger partial charge in [-0.2, -0.15) is 19.7 Å². The fourth-order valence-electron chi connectivity index (χ4n) is 2.21. The Balaban J connectivity index is 2.00. The Bertz CT molecular complexity index is 997. The first kappa shape index (κ1) is 12.0. The molecule has 0 radical (unpaired) electrons. The smallest absolute Gasteiger partial charge is 0.240 e. The molecule has 21 heavy (non-hydrogen) atoms. The maximum absolute atomic E-state index is 5.42. The van der Waals surface area contributed by atoms with Crippen molar-refractivity contribution in [1.82, 2.24) is 29.4 Å². The molecule has 0 saturated carbocycles. The van der Waals surface area contributed by atoms with Gasteiger partial charge in [0.15, 0.2) is 5.65 Å². The molecule has 1 aromatic carbocycles. The third-order valence-corrected chi connectivity index (χ3v) is 3.68. The molecule has 0 aliphatic heterocycles. The van der Waals surface area contributed by atoms with Crippen LogP contribution in [-0.2, 0) is 0 Å². The zero-order valence-electron chi connectivity index (χ0n) is 11.0. The van der Waals surface area contributed by atoms with Gasteiger partial charge >= 0.3 is 0 Å². The zero-order chi connectivity index (χ0) is 14.4. The number of aromatic amines is 1. The number of benzene rings is 1. The minimum atomic E-state index is 0.580. The third kappa shape index (κ3) is 1.73. The van der Waals surface area contributed by atoms with E-state index in [1.165, 1.54) is 0 Å². The average Bonchev–Trinajstić information content (AvgIpc) is 3.15. The van der Waals surface area contributed by atoms with Gasteiger partial charge in [0.1, 0.15) is 16.7 Å². The third-order valence-electron chi connectivity index (χ3n) is 3.29. The lowest BCUT2D eigenvalue weighted by Gasteiger charge is -2.04. The van der Waals surface area contributed by atoms with Crippen LogP contribution in [0.25, 0.3) is 22.5 Å². The number of nitrogens with one attached hydrogen (secondary N) is 1. The summed E-state index contributed by atoms with van der Waals surface area (Å²) >= 11 is 5.42. The second-order valence-corrected chi connectivity index (χ2v) is 4.85. The quantitative estimate of drug-likeness (QED) is 0.574. The predicted octanol–water partition coefficient (Wildman–Crippen LogP) is 2.13. The van der Waals surface area contributed by atoms with Crippen LogP contribution in [0.15, 0.2) is 36.8 Å². The van der Waals surface area contributed by atoms with Crippen LogP contribution >= 0.6 is 12.2 Å². The minimum absolute atomic E-state index is 0.580. The molecule has 0 fully saturated rings. The largest absolute Gasteiger partial charge is 0.497 e. The van der Waals surface area contributed by atoms with E-state index in [0.717, 1.165) is 16.8 Å². The predicted molar refractivity (Wildman–Crippen MR) is 79.4 cm³/mol. The number of nitrogens with zero attached hydrogens (tertiary/aromatic N) is 5. The molecule has 3 aromatic heterocycles. The number of hydrogen-bond donors (Lipinski definition) is 1. The van der Waals surface area contributed by atoms with Crippen molar-refractivity contribution in [1.29, 1.82) is 0 Å². The van der Waals surface area contributed by atoms with E-state index in [1.807, 2.05) is 28.8 Å². The van der Waals surface area contributed by atoms with Crippen LogP contribution in [0.3, 0.4) is 0 Å². The lowest BCUT2D eigenvalue weighted by molar-refractivity contribution is 0.415. The lowest BCUT2D eigenvalue weighted by Crippen LogP contribution is -1.99. The first-order valence-electron chi connectivity index (χ1n) is 6.22. The number of rotatable bonds is 2. The number of fused-ring (bicyclic) bond motifs is 2. The van der Waals surface area contributed by atoms with Gasteiger partial charge in [0, 0.05) is 0 Å². The molecule has 0 aliphatic carbocycles. The molecule has 7 nitrogen and oxygen atoms in total. The van der Waals surface area contributed by atoms with Gasteiger partial charge < -0.3 is 4.74 Å². The molecule has 0 atom stereocenters. The molecular weight excluding hydrogens is 288 g/mol. The SMILES string of the molecule is COc1ccc(-n2cnn3c(=S)c4cn[nH]c4nc23)cc1. The first-order chi connectivity index (χ1) is 10.3. The number of methoxy groups -OCH3 is 1. The fourth-order valence-corrected chi connectivity index (χ4v) is 2.49. The summed E-state index contributed by atoms with van der Waals surface area (Å²) in [5.41, 5.74) is 1.57. The van der Waals surface area contributed by atoms with Gasteiger partial charge in [-0.3, -0.25) is 9.67 Å². The molecule has 0 saturated heterocycles. The molecule has 104 valence electrons. The van der Waals surface area contributed by atoms with Gasteiger partial charge in [0.05, 0.1) is 24.4 Å². The van der Waals surface area contributed by atoms with Crippen LogP contribution in [-0.4, -0.2) is 36.5 Å². The fraction of sp³-hybridized carbons (Fsp3) is 0.0769. The van der Waals surface area contributed by atoms with Gasteiger partial charge in [-0.15, -0.1) is 0 Å². The first-order valence-corrected chi connectivity index (χ1v) is 6.62. The van der Waals surface area contributed by atoms with Gasteiger partial charge in [-0.05, 0) is 24.3 Å². The second-order valence-electron chi connectivity index (χ2n) is 4.46. The Morgan fingerprint density at radius 3 is 2.81 bits per heavy atom. The molecule has 3 heterocycles. The van der Waals surface area contributed by atoms with Crippen molar-refractivity contribution >= 4 is 29.0 Å². The number of H-pyrrole nitrogens is 1. The molecule has 0 spiro atoms. The van der Waals surface area contributed by atoms with Crippen LogP contribution in [0.5, 0.6) is 5.75 Å². The summed E-state index contributed by atoms with van der Waals surface area (Å²) in [5.74, 6) is 1.42. The van der Waals surface area contributed by atoms with Crippen LogP contribution in [0.2, 0.25) is 0 Å². The summed E-state index contributed by atoms with van der Waals surface area (Å²) in [4.78, 5) is 4.52. The average molecular weight is 298 g/mol. The summed E-state index contributed by atoms with van der Waals surface area (Å²) in [6.45, 7) is 0. The topological polar surface area (TPSA) is 73.0 Å². The number of hydrogen-bond acceptors (Lipinski definition) is 5. The van der Waals surface area contributed by atoms with E-state index < -0.39 is 0 Å². The summed E-state index contributed by atoms with van der Waals surface area (Å²) in [7, 11) is 1.64. The highest BCUT2D eigenvalue weighted by molar-refractivity contribution is 7.71. The monoisotopic (exact) mass is 298 g/mol. The van der Waals surface area contributed by atoms with Gasteiger partial charge in [-0.25, -0.2) is 0 Å².